The lowest BCUT2D eigenvalue weighted by Crippen LogP contribution is -2.24. The van der Waals surface area contributed by atoms with E-state index in [4.69, 9.17) is 9.47 Å². The predicted molar refractivity (Wildman–Crippen MR) is 76.3 cm³/mol. The molecule has 0 fully saturated rings. The summed E-state index contributed by atoms with van der Waals surface area (Å²) in [5, 5.41) is 4.25. The molecule has 104 valence electrons. The molecule has 0 saturated carbocycles. The van der Waals surface area contributed by atoms with Crippen LogP contribution in [0.15, 0.2) is 6.20 Å². The number of anilines is 1. The maximum atomic E-state index is 5.64. The van der Waals surface area contributed by atoms with E-state index >= 15 is 0 Å². The lowest BCUT2D eigenvalue weighted by molar-refractivity contribution is -0.0121. The first-order valence-corrected chi connectivity index (χ1v) is 7.20. The molecule has 18 heavy (non-hydrogen) atoms. The van der Waals surface area contributed by atoms with E-state index in [1.54, 1.807) is 18.4 Å². The maximum absolute atomic E-state index is 5.64. The van der Waals surface area contributed by atoms with Crippen LogP contribution >= 0.6 is 11.3 Å². The van der Waals surface area contributed by atoms with E-state index in [1.165, 1.54) is 0 Å². The van der Waals surface area contributed by atoms with Gasteiger partial charge in [0.2, 0.25) is 0 Å². The Kier molecular flexibility index (Phi) is 6.60. The quantitative estimate of drug-likeness (QED) is 0.701. The van der Waals surface area contributed by atoms with Crippen molar-refractivity contribution in [3.63, 3.8) is 0 Å². The first kappa shape index (κ1) is 15.4. The summed E-state index contributed by atoms with van der Waals surface area (Å²) >= 11 is 1.66. The minimum Gasteiger partial charge on any atom is -0.379 e. The molecule has 0 bridgehead atoms. The van der Waals surface area contributed by atoms with Crippen molar-refractivity contribution in [2.45, 2.75) is 45.8 Å². The van der Waals surface area contributed by atoms with Crippen LogP contribution in [0.4, 0.5) is 5.13 Å². The van der Waals surface area contributed by atoms with Gasteiger partial charge in [-0.1, -0.05) is 18.3 Å². The van der Waals surface area contributed by atoms with Gasteiger partial charge in [-0.3, -0.25) is 0 Å². The van der Waals surface area contributed by atoms with E-state index in [0.717, 1.165) is 29.4 Å². The van der Waals surface area contributed by atoms with Gasteiger partial charge in [-0.05, 0) is 26.7 Å². The number of rotatable bonds is 9. The number of nitrogens with one attached hydrogen (secondary N) is 1. The molecule has 1 aromatic rings. The molecule has 0 radical (unpaired) electrons. The van der Waals surface area contributed by atoms with Crippen molar-refractivity contribution >= 4 is 16.5 Å². The highest BCUT2D eigenvalue weighted by atomic mass is 32.1. The summed E-state index contributed by atoms with van der Waals surface area (Å²) in [5.74, 6) is 0. The number of aromatic nitrogens is 1. The van der Waals surface area contributed by atoms with Gasteiger partial charge in [0.05, 0.1) is 17.1 Å². The van der Waals surface area contributed by atoms with Crippen molar-refractivity contribution in [1.29, 1.82) is 0 Å². The fourth-order valence-electron chi connectivity index (χ4n) is 1.28. The molecule has 0 atom stereocenters. The van der Waals surface area contributed by atoms with Crippen LogP contribution in [0.25, 0.3) is 0 Å². The van der Waals surface area contributed by atoms with Crippen molar-refractivity contribution in [2.24, 2.45) is 0 Å². The van der Waals surface area contributed by atoms with Gasteiger partial charge in [-0.15, -0.1) is 0 Å². The molecule has 0 unspecified atom stereocenters. The molecule has 0 spiro atoms. The van der Waals surface area contributed by atoms with Gasteiger partial charge < -0.3 is 14.8 Å². The Balaban J connectivity index is 2.21. The molecule has 0 aliphatic carbocycles. The topological polar surface area (TPSA) is 43.4 Å². The van der Waals surface area contributed by atoms with E-state index in [1.807, 2.05) is 6.20 Å². The van der Waals surface area contributed by atoms with Gasteiger partial charge in [-0.2, -0.15) is 0 Å². The largest absolute Gasteiger partial charge is 0.379 e. The van der Waals surface area contributed by atoms with Gasteiger partial charge in [0, 0.05) is 26.5 Å². The summed E-state index contributed by atoms with van der Waals surface area (Å²) in [6.45, 7) is 8.57. The monoisotopic (exact) mass is 272 g/mol. The van der Waals surface area contributed by atoms with Crippen LogP contribution in [-0.4, -0.2) is 30.8 Å². The zero-order chi connectivity index (χ0) is 13.4. The summed E-state index contributed by atoms with van der Waals surface area (Å²) in [7, 11) is 1.73. The summed E-state index contributed by atoms with van der Waals surface area (Å²) in [4.78, 5) is 5.46. The van der Waals surface area contributed by atoms with Crippen LogP contribution in [-0.2, 0) is 16.1 Å². The maximum Gasteiger partial charge on any atom is 0.182 e. The molecule has 0 aromatic carbocycles. The van der Waals surface area contributed by atoms with Crippen LogP contribution in [0.3, 0.4) is 0 Å². The third kappa shape index (κ3) is 5.80. The Bertz CT molecular complexity index is 339. The zero-order valence-corrected chi connectivity index (χ0v) is 12.6. The van der Waals surface area contributed by atoms with Crippen LogP contribution in [0.1, 0.15) is 38.5 Å². The molecule has 1 rings (SSSR count). The van der Waals surface area contributed by atoms with E-state index in [9.17, 15) is 0 Å². The molecular weight excluding hydrogens is 248 g/mol. The highest BCUT2D eigenvalue weighted by Gasteiger charge is 2.15. The van der Waals surface area contributed by atoms with Crippen LogP contribution in [0.2, 0.25) is 0 Å². The number of nitrogens with zero attached hydrogens (tertiary/aromatic N) is 1. The Morgan fingerprint density at radius 3 is 2.89 bits per heavy atom. The molecule has 1 aromatic heterocycles. The lowest BCUT2D eigenvalue weighted by atomic mass is 10.1. The van der Waals surface area contributed by atoms with Gasteiger partial charge in [0.1, 0.15) is 0 Å². The summed E-state index contributed by atoms with van der Waals surface area (Å²) in [6.07, 6.45) is 3.88. The number of ether oxygens (including phenoxy) is 2. The Morgan fingerprint density at radius 2 is 2.22 bits per heavy atom. The highest BCUT2D eigenvalue weighted by Crippen LogP contribution is 2.19. The predicted octanol–water partition coefficient (Wildman–Crippen LogP) is 3.30. The fourth-order valence-corrected chi connectivity index (χ4v) is 2.06. The molecule has 0 amide bonds. The number of methoxy groups -OCH3 is 1. The second-order valence-electron chi connectivity index (χ2n) is 4.82. The third-order valence-electron chi connectivity index (χ3n) is 2.73. The molecule has 0 aliphatic rings. The van der Waals surface area contributed by atoms with E-state index in [0.29, 0.717) is 13.2 Å². The zero-order valence-electron chi connectivity index (χ0n) is 11.8. The average molecular weight is 272 g/mol. The highest BCUT2D eigenvalue weighted by molar-refractivity contribution is 7.15. The van der Waals surface area contributed by atoms with Crippen molar-refractivity contribution in [1.82, 2.24) is 4.98 Å². The number of thiazole rings is 1. The molecule has 4 nitrogen and oxygen atoms in total. The Morgan fingerprint density at radius 1 is 1.44 bits per heavy atom. The summed E-state index contributed by atoms with van der Waals surface area (Å²) < 4.78 is 11.0. The minimum atomic E-state index is -0.110. The van der Waals surface area contributed by atoms with E-state index < -0.39 is 0 Å². The van der Waals surface area contributed by atoms with Gasteiger partial charge in [0.15, 0.2) is 5.13 Å². The Labute approximate surface area is 114 Å². The molecule has 0 aliphatic heterocycles. The molecule has 5 heteroatoms. The third-order valence-corrected chi connectivity index (χ3v) is 3.65. The first-order chi connectivity index (χ1) is 8.57. The average Bonchev–Trinajstić information content (AvgIpc) is 2.80. The van der Waals surface area contributed by atoms with E-state index in [2.05, 4.69) is 31.1 Å². The smallest absolute Gasteiger partial charge is 0.182 e. The lowest BCUT2D eigenvalue weighted by Gasteiger charge is -2.22. The molecular formula is C13H24N2O2S. The standard InChI is InChI=1S/C13H24N2O2S/c1-5-7-14-12-15-9-11(18-12)10-17-8-6-13(2,3)16-4/h9H,5-8,10H2,1-4H3,(H,14,15). The van der Waals surface area contributed by atoms with Gasteiger partial charge in [-0.25, -0.2) is 4.98 Å². The van der Waals surface area contributed by atoms with Crippen molar-refractivity contribution in [2.75, 3.05) is 25.6 Å². The van der Waals surface area contributed by atoms with Gasteiger partial charge >= 0.3 is 0 Å². The van der Waals surface area contributed by atoms with Crippen LogP contribution in [0, 0.1) is 0 Å². The molecule has 1 heterocycles. The first-order valence-electron chi connectivity index (χ1n) is 6.39. The summed E-state index contributed by atoms with van der Waals surface area (Å²) in [6, 6.07) is 0. The SMILES string of the molecule is CCCNc1ncc(COCCC(C)(C)OC)s1. The van der Waals surface area contributed by atoms with Gasteiger partial charge in [0.25, 0.3) is 0 Å². The van der Waals surface area contributed by atoms with Crippen LogP contribution < -0.4 is 5.32 Å². The fraction of sp³-hybridized carbons (Fsp3) is 0.769. The van der Waals surface area contributed by atoms with Crippen molar-refractivity contribution in [3.05, 3.63) is 11.1 Å². The van der Waals surface area contributed by atoms with E-state index in [-0.39, 0.29) is 5.60 Å². The minimum absolute atomic E-state index is 0.110. The van der Waals surface area contributed by atoms with Crippen molar-refractivity contribution < 1.29 is 9.47 Å². The second kappa shape index (κ2) is 7.71. The molecule has 1 N–H and O–H groups in total. The second-order valence-corrected chi connectivity index (χ2v) is 5.94. The Hall–Kier alpha value is -0.650. The number of hydrogen-bond acceptors (Lipinski definition) is 5. The number of hydrogen-bond donors (Lipinski definition) is 1. The molecule has 0 saturated heterocycles. The van der Waals surface area contributed by atoms with Crippen LogP contribution in [0.5, 0.6) is 0 Å². The summed E-state index contributed by atoms with van der Waals surface area (Å²) in [5.41, 5.74) is -0.110. The normalized spacial score (nSPS) is 11.8. The van der Waals surface area contributed by atoms with Crippen molar-refractivity contribution in [3.8, 4) is 0 Å².